The number of fused-ring (bicyclic) bond motifs is 6. The Balaban J connectivity index is 0.000000130. The first-order valence-electron chi connectivity index (χ1n) is 35.5. The van der Waals surface area contributed by atoms with Gasteiger partial charge in [0.15, 0.2) is 17.5 Å². The van der Waals surface area contributed by atoms with Gasteiger partial charge < -0.3 is 43.8 Å². The predicted octanol–water partition coefficient (Wildman–Crippen LogP) is 8.40. The number of piperidine rings is 2. The summed E-state index contributed by atoms with van der Waals surface area (Å²) in [5.41, 5.74) is 5.01. The highest BCUT2D eigenvalue weighted by Gasteiger charge is 2.55. The van der Waals surface area contributed by atoms with Gasteiger partial charge in [-0.2, -0.15) is 20.4 Å². The maximum Gasteiger partial charge on any atom is 0.410 e. The number of aliphatic hydroxyl groups excluding tert-OH is 1. The van der Waals surface area contributed by atoms with Crippen LogP contribution in [0.15, 0.2) is 36.9 Å². The number of aromatic nitrogens is 8. The highest BCUT2D eigenvalue weighted by molar-refractivity contribution is 9.09. The summed E-state index contributed by atoms with van der Waals surface area (Å²) in [6.45, 7) is 30.8. The Morgan fingerprint density at radius 2 is 0.806 bits per heavy atom. The minimum atomic E-state index is -1.55. The largest absolute Gasteiger partial charge is 0.444 e. The van der Waals surface area contributed by atoms with Crippen molar-refractivity contribution in [3.05, 3.63) is 82.7 Å². The molecule has 6 unspecified atom stereocenters. The Hall–Kier alpha value is -8.55. The van der Waals surface area contributed by atoms with E-state index in [1.165, 1.54) is 0 Å². The van der Waals surface area contributed by atoms with Crippen LogP contribution in [0.4, 0.5) is 50.3 Å². The van der Waals surface area contributed by atoms with E-state index in [1.807, 2.05) is 109 Å². The fourth-order valence-electron chi connectivity index (χ4n) is 14.7. The lowest BCUT2D eigenvalue weighted by Gasteiger charge is -2.36. The molecule has 0 bridgehead atoms. The van der Waals surface area contributed by atoms with Crippen molar-refractivity contribution < 1.29 is 70.8 Å². The first-order valence-corrected chi connectivity index (χ1v) is 36.6. The smallest absolute Gasteiger partial charge is 0.410 e. The molecule has 2 aliphatic carbocycles. The maximum atomic E-state index is 13.5. The summed E-state index contributed by atoms with van der Waals surface area (Å²) in [5.74, 6) is -2.56. The first kappa shape index (κ1) is 74.2. The molecule has 4 aromatic heterocycles. The predicted molar refractivity (Wildman–Crippen MR) is 372 cm³/mol. The molecule has 0 radical (unpaired) electrons. The Labute approximate surface area is 604 Å². The number of alkyl halides is 1. The zero-order valence-electron chi connectivity index (χ0n) is 60.8. The van der Waals surface area contributed by atoms with E-state index in [4.69, 9.17) is 14.2 Å². The highest BCUT2D eigenvalue weighted by atomic mass is 79.9. The van der Waals surface area contributed by atoms with Crippen molar-refractivity contribution in [3.8, 4) is 0 Å². The monoisotopic (exact) mass is 1500 g/mol. The van der Waals surface area contributed by atoms with Gasteiger partial charge in [-0.05, 0) is 138 Å². The lowest BCUT2D eigenvalue weighted by Crippen LogP contribution is -2.47. The van der Waals surface area contributed by atoms with Gasteiger partial charge in [0.2, 0.25) is 29.5 Å². The van der Waals surface area contributed by atoms with Crippen molar-refractivity contribution in [2.24, 2.45) is 35.5 Å². The fraction of sp³-hybridized carbons (Fsp3) is 0.634. The molecule has 8 amide bonds. The van der Waals surface area contributed by atoms with E-state index in [2.05, 4.69) is 36.3 Å². The number of nitrogens with zero attached hydrogens (tertiary/aromatic N) is 16. The van der Waals surface area contributed by atoms with Crippen LogP contribution >= 0.6 is 15.9 Å². The first-order chi connectivity index (χ1) is 48.5. The number of ether oxygens (including phenoxy) is 3. The topological polar surface area (TPSA) is 282 Å². The second-order valence-corrected chi connectivity index (χ2v) is 32.7. The number of hydrogen-bond acceptors (Lipinski definition) is 16. The minimum absolute atomic E-state index is 0.00258. The third-order valence-electron chi connectivity index (χ3n) is 20.4. The van der Waals surface area contributed by atoms with Gasteiger partial charge in [0.1, 0.15) is 16.8 Å². The van der Waals surface area contributed by atoms with E-state index in [0.717, 1.165) is 82.4 Å². The molecule has 10 atom stereocenters. The molecule has 10 aliphatic rings. The van der Waals surface area contributed by atoms with Crippen molar-refractivity contribution in [2.45, 2.75) is 215 Å². The second-order valence-electron chi connectivity index (χ2n) is 32.0. The maximum absolute atomic E-state index is 13.5. The molecule has 103 heavy (non-hydrogen) atoms. The summed E-state index contributed by atoms with van der Waals surface area (Å²) in [6, 6.07) is 1.45. The summed E-state index contributed by atoms with van der Waals surface area (Å²) in [7, 11) is 0. The molecule has 5 aromatic rings. The number of benzene rings is 1. The Kier molecular flexibility index (Phi) is 20.5. The summed E-state index contributed by atoms with van der Waals surface area (Å²) in [6.07, 6.45) is 8.47. The van der Waals surface area contributed by atoms with Crippen LogP contribution in [0.1, 0.15) is 144 Å². The zero-order chi connectivity index (χ0) is 74.4. The molecule has 558 valence electrons. The van der Waals surface area contributed by atoms with Crippen molar-refractivity contribution in [1.82, 2.24) is 58.7 Å². The molecule has 28 nitrogen and oxygen atoms in total. The van der Waals surface area contributed by atoms with Crippen molar-refractivity contribution in [3.63, 3.8) is 0 Å². The number of hydrogen-bond donors (Lipinski definition) is 1. The number of rotatable bonds is 8. The van der Waals surface area contributed by atoms with Crippen LogP contribution in [0.5, 0.6) is 0 Å². The van der Waals surface area contributed by atoms with Crippen molar-refractivity contribution in [1.29, 1.82) is 0 Å². The van der Waals surface area contributed by atoms with Gasteiger partial charge in [0, 0.05) is 74.8 Å². The fourth-order valence-corrected chi connectivity index (χ4v) is 15.1. The van der Waals surface area contributed by atoms with Crippen molar-refractivity contribution in [2.75, 3.05) is 57.7 Å². The molecule has 6 fully saturated rings. The van der Waals surface area contributed by atoms with E-state index in [-0.39, 0.29) is 115 Å². The number of halogens is 4. The number of carbonyl (C=O) groups excluding carboxylic acids is 8. The second kappa shape index (κ2) is 28.5. The summed E-state index contributed by atoms with van der Waals surface area (Å²) in [5, 5.41) is 27.8. The van der Waals surface area contributed by atoms with E-state index in [0.29, 0.717) is 96.0 Å². The van der Waals surface area contributed by atoms with Gasteiger partial charge in [-0.15, -0.1) is 0 Å². The van der Waals surface area contributed by atoms with Crippen molar-refractivity contribution >= 4 is 86.5 Å². The molecular formula is C71H94BrF3N16O12. The highest BCUT2D eigenvalue weighted by Crippen LogP contribution is 2.50. The van der Waals surface area contributed by atoms with Gasteiger partial charge in [0.25, 0.3) is 0 Å². The third kappa shape index (κ3) is 15.8. The SMILES string of the molecule is C[C@H]1Cn2ncc(N3CC(CBr)CC3=O)c2CN1C(=O)OC(C)(C)C.C[C@H]1Cn2ncc(N3CC(CO)CC3=O)c2CN1C(=O)OC(C)(C)C.C[C@H]1Cn2ncc(N3CC4CC4C3=O)c2CN1C(=O)Cc1cc(F)c(F)c(F)c1.C[C@H]1Cn2ncc(N3CC4CC4C3=O)c2CN1C(=O)OC(C)(C)C. The van der Waals surface area contributed by atoms with Crippen LogP contribution in [0.2, 0.25) is 0 Å². The van der Waals surface area contributed by atoms with Crippen LogP contribution in [-0.2, 0) is 97.0 Å². The Morgan fingerprint density at radius 1 is 0.485 bits per heavy atom. The minimum Gasteiger partial charge on any atom is -0.444 e. The van der Waals surface area contributed by atoms with Gasteiger partial charge >= 0.3 is 18.3 Å². The summed E-state index contributed by atoms with van der Waals surface area (Å²) < 4.78 is 64.1. The van der Waals surface area contributed by atoms with Crippen LogP contribution < -0.4 is 19.6 Å². The summed E-state index contributed by atoms with van der Waals surface area (Å²) in [4.78, 5) is 114. The molecule has 12 heterocycles. The quantitative estimate of drug-likeness (QED) is 0.0867. The van der Waals surface area contributed by atoms with Gasteiger partial charge in [0.05, 0.1) is 147 Å². The van der Waals surface area contributed by atoms with Gasteiger partial charge in [-0.3, -0.25) is 57.4 Å². The normalized spacial score (nSPS) is 25.3. The lowest BCUT2D eigenvalue weighted by atomic mass is 10.1. The average Bonchev–Trinajstić information content (AvgIpc) is 1.60. The number of amides is 8. The van der Waals surface area contributed by atoms with Crippen LogP contribution in [0.3, 0.4) is 0 Å². The van der Waals surface area contributed by atoms with E-state index in [9.17, 15) is 56.6 Å². The van der Waals surface area contributed by atoms with Crippen LogP contribution in [0, 0.1) is 53.0 Å². The lowest BCUT2D eigenvalue weighted by molar-refractivity contribution is -0.134. The number of aliphatic hydroxyl groups is 1. The molecule has 8 aliphatic heterocycles. The van der Waals surface area contributed by atoms with Crippen LogP contribution in [0.25, 0.3) is 0 Å². The Bertz CT molecular complexity index is 4000. The standard InChI is InChI=1S/C20H19F3N4O2.C17H25BrN4O3.C17H26N4O4.C17H24N4O3/c1-10-7-27-17(16(6-24-27)26-8-12-5-13(12)20(26)29)9-25(10)18(28)4-11-2-14(21)19(23)15(22)3-11;1-11-8-22-14(10-20(11)16(24)25-17(2,3)4)13(7-19-22)21-9-12(6-18)5-15(21)23;1-11-7-21-14(9-19(11)16(24)25-17(2,3)4)13(6-18-21)20-8-12(10-22)5-15(20)23;1-10-7-21-14(9-19(10)16(23)24-17(2,3)4)13(6-18-21)20-8-11-5-12(11)15(20)22/h2-3,6,10,12-13H,4-5,7-9H2,1H3;7,11-12H,5-6,8-10H2,1-4H3;6,11-12,22H,5,7-10H2,1-4H3;6,10-12H,5,7-9H2,1-4H3/t10-,12?,13?;2*11-,12?;10-,11?,12?/m0000/s1. The van der Waals surface area contributed by atoms with E-state index >= 15 is 0 Å². The van der Waals surface area contributed by atoms with E-state index < -0.39 is 34.3 Å². The van der Waals surface area contributed by atoms with Crippen LogP contribution in [-0.4, -0.2) is 191 Å². The molecule has 2 saturated carbocycles. The molecule has 4 saturated heterocycles. The van der Waals surface area contributed by atoms with E-state index in [1.54, 1.807) is 63.8 Å². The van der Waals surface area contributed by atoms with Gasteiger partial charge in [-0.25, -0.2) is 27.6 Å². The Morgan fingerprint density at radius 3 is 1.11 bits per heavy atom. The molecule has 1 aromatic carbocycles. The third-order valence-corrected chi connectivity index (χ3v) is 21.3. The summed E-state index contributed by atoms with van der Waals surface area (Å²) >= 11 is 3.46. The number of anilines is 4. The molecular weight excluding hydrogens is 1410 g/mol. The van der Waals surface area contributed by atoms with Gasteiger partial charge in [-0.1, -0.05) is 15.9 Å². The molecule has 32 heteroatoms. The molecule has 0 spiro atoms. The molecule has 1 N–H and O–H groups in total. The zero-order valence-corrected chi connectivity index (χ0v) is 62.4. The molecule has 15 rings (SSSR count). The average molecular weight is 1500 g/mol. The number of carbonyl (C=O) groups is 8.